The van der Waals surface area contributed by atoms with E-state index in [-0.39, 0.29) is 37.0 Å². The Morgan fingerprint density at radius 1 is 1.10 bits per heavy atom. The third kappa shape index (κ3) is 8.09. The van der Waals surface area contributed by atoms with Gasteiger partial charge in [-0.2, -0.15) is 0 Å². The number of likely N-dealkylation sites (N-methyl/N-ethyl adjacent to an activating group) is 1. The predicted molar refractivity (Wildman–Crippen MR) is 165 cm³/mol. The Bertz CT molecular complexity index is 1530. The van der Waals surface area contributed by atoms with E-state index in [9.17, 15) is 14.7 Å². The van der Waals surface area contributed by atoms with Crippen molar-refractivity contribution in [2.45, 2.75) is 45.4 Å². The third-order valence-electron chi connectivity index (χ3n) is 6.59. The number of aromatic nitrogens is 2. The predicted octanol–water partition coefficient (Wildman–Crippen LogP) is 4.51. The van der Waals surface area contributed by atoms with Crippen LogP contribution in [-0.2, 0) is 11.2 Å². The number of carbonyl (C=O) groups is 2. The van der Waals surface area contributed by atoms with E-state index in [2.05, 4.69) is 10.6 Å². The van der Waals surface area contributed by atoms with Crippen molar-refractivity contribution < 1.29 is 19.4 Å². The van der Waals surface area contributed by atoms with Crippen LogP contribution in [0.15, 0.2) is 67.0 Å². The van der Waals surface area contributed by atoms with Crippen molar-refractivity contribution in [2.24, 2.45) is 0 Å². The number of aliphatic hydroxyl groups is 1. The number of hydrogen-bond donors (Lipinski definition) is 3. The highest BCUT2D eigenvalue weighted by molar-refractivity contribution is 6.32. The molecule has 2 aromatic carbocycles. The zero-order chi connectivity index (χ0) is 30.4. The first-order chi connectivity index (χ1) is 20.0. The highest BCUT2D eigenvalue weighted by Crippen LogP contribution is 2.27. The lowest BCUT2D eigenvalue weighted by Crippen LogP contribution is -2.46. The number of imidazole rings is 1. The number of nitrogens with one attached hydrogen (secondary N) is 2. The van der Waals surface area contributed by atoms with Gasteiger partial charge in [-0.3, -0.25) is 9.59 Å². The quantitative estimate of drug-likeness (QED) is 0.224. The lowest BCUT2D eigenvalue weighted by molar-refractivity contribution is -0.121. The zero-order valence-corrected chi connectivity index (χ0v) is 25.4. The van der Waals surface area contributed by atoms with Crippen LogP contribution in [0.3, 0.4) is 0 Å². The Morgan fingerprint density at radius 2 is 1.83 bits per heavy atom. The SMILES string of the molecule is CC(C)Oc1ccc(C(=O)NC(CNC(=O)CN(C)C)Cc2ccc(-c3cn4cccc(C(C)O)c4n3)cc2)cc1Cl. The van der Waals surface area contributed by atoms with Crippen molar-refractivity contribution >= 4 is 29.1 Å². The summed E-state index contributed by atoms with van der Waals surface area (Å²) in [7, 11) is 3.65. The third-order valence-corrected chi connectivity index (χ3v) is 6.89. The standard InChI is InChI=1S/C32H38ClN5O4/c1-20(2)42-29-13-12-24(16-27(29)33)32(41)35-25(17-34-30(40)19-37(4)5)15-22-8-10-23(11-9-22)28-18-38-14-6-7-26(21(3)39)31(38)36-28/h6-14,16,18,20-21,25,39H,15,17,19H2,1-5H3,(H,34,40)(H,35,41). The van der Waals surface area contributed by atoms with E-state index in [1.54, 1.807) is 30.0 Å². The lowest BCUT2D eigenvalue weighted by atomic mass is 10.0. The smallest absolute Gasteiger partial charge is 0.251 e. The summed E-state index contributed by atoms with van der Waals surface area (Å²) in [4.78, 5) is 32.1. The molecule has 0 spiro atoms. The minimum absolute atomic E-state index is 0.0434. The molecule has 10 heteroatoms. The van der Waals surface area contributed by atoms with Crippen molar-refractivity contribution in [3.05, 3.63) is 88.7 Å². The second kappa shape index (κ2) is 13.8. The van der Waals surface area contributed by atoms with Gasteiger partial charge >= 0.3 is 0 Å². The van der Waals surface area contributed by atoms with Gasteiger partial charge in [0.25, 0.3) is 5.91 Å². The van der Waals surface area contributed by atoms with Crippen LogP contribution >= 0.6 is 11.6 Å². The molecule has 0 aliphatic rings. The molecule has 4 aromatic rings. The average Bonchev–Trinajstić information content (AvgIpc) is 3.37. The van der Waals surface area contributed by atoms with Crippen LogP contribution in [0.25, 0.3) is 16.9 Å². The van der Waals surface area contributed by atoms with Gasteiger partial charge in [0.2, 0.25) is 5.91 Å². The maximum atomic E-state index is 13.2. The Morgan fingerprint density at radius 3 is 2.48 bits per heavy atom. The summed E-state index contributed by atoms with van der Waals surface area (Å²) in [6, 6.07) is 16.3. The molecule has 0 radical (unpaired) electrons. The molecule has 2 atom stereocenters. The number of amides is 2. The van der Waals surface area contributed by atoms with Gasteiger partial charge < -0.3 is 29.8 Å². The van der Waals surface area contributed by atoms with Crippen LogP contribution in [0.4, 0.5) is 0 Å². The van der Waals surface area contributed by atoms with Crippen molar-refractivity contribution in [1.29, 1.82) is 0 Å². The van der Waals surface area contributed by atoms with Crippen LogP contribution in [-0.4, -0.2) is 70.5 Å². The molecule has 0 saturated carbocycles. The molecule has 2 heterocycles. The van der Waals surface area contributed by atoms with Crippen LogP contribution in [0.2, 0.25) is 5.02 Å². The average molecular weight is 592 g/mol. The Labute approximate surface area is 251 Å². The number of halogens is 1. The topological polar surface area (TPSA) is 108 Å². The molecule has 42 heavy (non-hydrogen) atoms. The number of carbonyl (C=O) groups excluding carboxylic acids is 2. The van der Waals surface area contributed by atoms with E-state index in [0.717, 1.165) is 22.4 Å². The summed E-state index contributed by atoms with van der Waals surface area (Å²) in [6.45, 7) is 6.05. The minimum Gasteiger partial charge on any atom is -0.489 e. The number of aliphatic hydroxyl groups excluding tert-OH is 1. The Kier molecular flexibility index (Phi) is 10.2. The van der Waals surface area contributed by atoms with Gasteiger partial charge in [-0.25, -0.2) is 4.98 Å². The summed E-state index contributed by atoms with van der Waals surface area (Å²) >= 11 is 6.36. The largest absolute Gasteiger partial charge is 0.489 e. The van der Waals surface area contributed by atoms with Gasteiger partial charge in [0, 0.05) is 35.6 Å². The molecule has 2 amide bonds. The summed E-state index contributed by atoms with van der Waals surface area (Å²) in [5.41, 5.74) is 4.58. The summed E-state index contributed by atoms with van der Waals surface area (Å²) in [5, 5.41) is 16.4. The number of nitrogens with zero attached hydrogens (tertiary/aromatic N) is 3. The molecule has 3 N–H and O–H groups in total. The molecule has 222 valence electrons. The number of rotatable bonds is 12. The minimum atomic E-state index is -0.626. The van der Waals surface area contributed by atoms with E-state index in [1.807, 2.05) is 81.1 Å². The lowest BCUT2D eigenvalue weighted by Gasteiger charge is -2.21. The zero-order valence-electron chi connectivity index (χ0n) is 24.6. The number of hydrogen-bond acceptors (Lipinski definition) is 6. The van der Waals surface area contributed by atoms with Crippen molar-refractivity contribution in [2.75, 3.05) is 27.2 Å². The molecular weight excluding hydrogens is 554 g/mol. The number of benzene rings is 2. The first-order valence-corrected chi connectivity index (χ1v) is 14.3. The van der Waals surface area contributed by atoms with E-state index >= 15 is 0 Å². The first-order valence-electron chi connectivity index (χ1n) is 13.9. The fourth-order valence-electron chi connectivity index (χ4n) is 4.61. The summed E-state index contributed by atoms with van der Waals surface area (Å²) in [5.74, 6) is 0.0924. The monoisotopic (exact) mass is 591 g/mol. The highest BCUT2D eigenvalue weighted by atomic mass is 35.5. The fraction of sp³-hybridized carbons (Fsp3) is 0.344. The van der Waals surface area contributed by atoms with Crippen molar-refractivity contribution in [3.8, 4) is 17.0 Å². The molecule has 0 fully saturated rings. The van der Waals surface area contributed by atoms with Gasteiger partial charge in [0.05, 0.1) is 35.5 Å². The molecule has 4 rings (SSSR count). The normalized spacial score (nSPS) is 12.9. The van der Waals surface area contributed by atoms with E-state index in [1.165, 1.54) is 0 Å². The van der Waals surface area contributed by atoms with Crippen molar-refractivity contribution in [3.63, 3.8) is 0 Å². The maximum Gasteiger partial charge on any atom is 0.251 e. The van der Waals surface area contributed by atoms with Gasteiger partial charge in [-0.1, -0.05) is 41.9 Å². The highest BCUT2D eigenvalue weighted by Gasteiger charge is 2.18. The maximum absolute atomic E-state index is 13.2. The Balaban J connectivity index is 1.50. The van der Waals surface area contributed by atoms with E-state index < -0.39 is 6.10 Å². The second-order valence-electron chi connectivity index (χ2n) is 10.9. The van der Waals surface area contributed by atoms with Crippen LogP contribution < -0.4 is 15.4 Å². The number of pyridine rings is 1. The number of ether oxygens (including phenoxy) is 1. The molecule has 0 aliphatic heterocycles. The first kappa shape index (κ1) is 31.0. The van der Waals surface area contributed by atoms with Gasteiger partial charge in [0.15, 0.2) is 0 Å². The molecule has 2 aromatic heterocycles. The number of fused-ring (bicyclic) bond motifs is 1. The van der Waals surface area contributed by atoms with E-state index in [4.69, 9.17) is 21.3 Å². The molecule has 0 saturated heterocycles. The Hall–Kier alpha value is -3.92. The molecule has 0 bridgehead atoms. The van der Waals surface area contributed by atoms with Crippen LogP contribution in [0.1, 0.15) is 48.4 Å². The van der Waals surface area contributed by atoms with E-state index in [0.29, 0.717) is 28.4 Å². The fourth-order valence-corrected chi connectivity index (χ4v) is 4.84. The van der Waals surface area contributed by atoms with Crippen molar-refractivity contribution in [1.82, 2.24) is 24.9 Å². The van der Waals surface area contributed by atoms with Crippen LogP contribution in [0, 0.1) is 0 Å². The summed E-state index contributed by atoms with van der Waals surface area (Å²) < 4.78 is 7.58. The van der Waals surface area contributed by atoms with Gasteiger partial charge in [-0.05, 0) is 71.1 Å². The molecular formula is C32H38ClN5O4. The molecule has 9 nitrogen and oxygen atoms in total. The second-order valence-corrected chi connectivity index (χ2v) is 11.3. The van der Waals surface area contributed by atoms with Crippen LogP contribution in [0.5, 0.6) is 5.75 Å². The molecule has 2 unspecified atom stereocenters. The summed E-state index contributed by atoms with van der Waals surface area (Å²) in [6.07, 6.45) is 3.66. The van der Waals surface area contributed by atoms with Gasteiger partial charge in [0.1, 0.15) is 11.4 Å². The molecule has 0 aliphatic carbocycles. The van der Waals surface area contributed by atoms with Gasteiger partial charge in [-0.15, -0.1) is 0 Å².